The number of nitrogens with zero attached hydrogens (tertiary/aromatic N) is 2. The fourth-order valence-corrected chi connectivity index (χ4v) is 1.87. The van der Waals surface area contributed by atoms with E-state index in [0.29, 0.717) is 6.61 Å². The fraction of sp³-hybridized carbons (Fsp3) is 0.917. The number of likely N-dealkylation sites (N-methyl/N-ethyl adjacent to an activating group) is 1. The molecule has 1 aliphatic heterocycles. The van der Waals surface area contributed by atoms with E-state index in [9.17, 15) is 4.79 Å². The monoisotopic (exact) mass is 228 g/mol. The number of likely N-dealkylation sites (tertiary alicyclic amines) is 1. The van der Waals surface area contributed by atoms with Gasteiger partial charge in [0.05, 0.1) is 6.61 Å². The van der Waals surface area contributed by atoms with Crippen molar-refractivity contribution >= 4 is 6.09 Å². The first kappa shape index (κ1) is 13.3. The van der Waals surface area contributed by atoms with Crippen molar-refractivity contribution in [3.8, 4) is 0 Å². The Morgan fingerprint density at radius 2 is 2.00 bits per heavy atom. The van der Waals surface area contributed by atoms with E-state index in [-0.39, 0.29) is 6.09 Å². The highest BCUT2D eigenvalue weighted by atomic mass is 16.6. The highest BCUT2D eigenvalue weighted by Crippen LogP contribution is 2.08. The normalized spacial score (nSPS) is 17.1. The summed E-state index contributed by atoms with van der Waals surface area (Å²) in [7, 11) is 1.81. The molecular formula is C12H24N2O2. The van der Waals surface area contributed by atoms with Crippen molar-refractivity contribution in [3.63, 3.8) is 0 Å². The second-order valence-electron chi connectivity index (χ2n) is 4.44. The smallest absolute Gasteiger partial charge is 0.409 e. The maximum absolute atomic E-state index is 11.5. The van der Waals surface area contributed by atoms with E-state index >= 15 is 0 Å². The Morgan fingerprint density at radius 1 is 1.31 bits per heavy atom. The molecule has 0 radical (unpaired) electrons. The van der Waals surface area contributed by atoms with Crippen LogP contribution in [0.4, 0.5) is 4.79 Å². The maximum Gasteiger partial charge on any atom is 0.409 e. The summed E-state index contributed by atoms with van der Waals surface area (Å²) in [6.07, 6.45) is 4.63. The standard InChI is InChI=1S/C12H24N2O2/c1-3-11-16-12(15)13(2)9-10-14-7-5-4-6-8-14/h3-11H2,1-2H3. The van der Waals surface area contributed by atoms with E-state index in [1.807, 2.05) is 14.0 Å². The molecule has 0 unspecified atom stereocenters. The summed E-state index contributed by atoms with van der Waals surface area (Å²) < 4.78 is 5.06. The van der Waals surface area contributed by atoms with Crippen LogP contribution in [0.1, 0.15) is 32.6 Å². The van der Waals surface area contributed by atoms with Crippen LogP contribution in [-0.4, -0.2) is 55.7 Å². The van der Waals surface area contributed by atoms with Crippen LogP contribution in [0.15, 0.2) is 0 Å². The molecule has 1 rings (SSSR count). The molecular weight excluding hydrogens is 204 g/mol. The molecule has 0 N–H and O–H groups in total. The second kappa shape index (κ2) is 7.49. The molecule has 0 saturated carbocycles. The summed E-state index contributed by atoms with van der Waals surface area (Å²) in [5.74, 6) is 0. The van der Waals surface area contributed by atoms with Crippen LogP contribution in [0.2, 0.25) is 0 Å². The lowest BCUT2D eigenvalue weighted by Gasteiger charge is -2.28. The third kappa shape index (κ3) is 4.84. The summed E-state index contributed by atoms with van der Waals surface area (Å²) in [4.78, 5) is 15.6. The molecule has 0 aromatic carbocycles. The van der Waals surface area contributed by atoms with Gasteiger partial charge in [0.1, 0.15) is 0 Å². The Hall–Kier alpha value is -0.770. The van der Waals surface area contributed by atoms with E-state index in [4.69, 9.17) is 4.74 Å². The lowest BCUT2D eigenvalue weighted by Crippen LogP contribution is -2.38. The third-order valence-corrected chi connectivity index (χ3v) is 2.94. The molecule has 1 fully saturated rings. The molecule has 16 heavy (non-hydrogen) atoms. The average molecular weight is 228 g/mol. The van der Waals surface area contributed by atoms with Crippen LogP contribution < -0.4 is 0 Å². The van der Waals surface area contributed by atoms with Crippen LogP contribution in [0.25, 0.3) is 0 Å². The van der Waals surface area contributed by atoms with Gasteiger partial charge in [0.2, 0.25) is 0 Å². The largest absolute Gasteiger partial charge is 0.449 e. The molecule has 0 aromatic rings. The predicted octanol–water partition coefficient (Wildman–Crippen LogP) is 1.95. The number of hydrogen-bond donors (Lipinski definition) is 0. The number of amides is 1. The lowest BCUT2D eigenvalue weighted by molar-refractivity contribution is 0.105. The first-order valence-corrected chi connectivity index (χ1v) is 6.34. The van der Waals surface area contributed by atoms with Crippen molar-refractivity contribution in [2.45, 2.75) is 32.6 Å². The summed E-state index contributed by atoms with van der Waals surface area (Å²) >= 11 is 0. The highest BCUT2D eigenvalue weighted by Gasteiger charge is 2.13. The highest BCUT2D eigenvalue weighted by molar-refractivity contribution is 5.67. The van der Waals surface area contributed by atoms with Crippen molar-refractivity contribution in [2.24, 2.45) is 0 Å². The van der Waals surface area contributed by atoms with Crippen LogP contribution in [0.3, 0.4) is 0 Å². The van der Waals surface area contributed by atoms with Gasteiger partial charge in [-0.3, -0.25) is 0 Å². The Balaban J connectivity index is 2.12. The van der Waals surface area contributed by atoms with Crippen molar-refractivity contribution < 1.29 is 9.53 Å². The number of carbonyl (C=O) groups is 1. The van der Waals surface area contributed by atoms with Gasteiger partial charge < -0.3 is 14.5 Å². The minimum absolute atomic E-state index is 0.196. The molecule has 94 valence electrons. The van der Waals surface area contributed by atoms with E-state index in [0.717, 1.165) is 19.5 Å². The molecule has 0 spiro atoms. The topological polar surface area (TPSA) is 32.8 Å². The molecule has 1 amide bonds. The zero-order chi connectivity index (χ0) is 11.8. The minimum atomic E-state index is -0.196. The van der Waals surface area contributed by atoms with Gasteiger partial charge in [-0.15, -0.1) is 0 Å². The molecule has 0 atom stereocenters. The lowest BCUT2D eigenvalue weighted by atomic mass is 10.1. The van der Waals surface area contributed by atoms with Gasteiger partial charge in [0, 0.05) is 20.1 Å². The number of ether oxygens (including phenoxy) is 1. The Morgan fingerprint density at radius 3 is 2.62 bits per heavy atom. The average Bonchev–Trinajstić information content (AvgIpc) is 2.34. The van der Waals surface area contributed by atoms with Gasteiger partial charge >= 0.3 is 6.09 Å². The summed E-state index contributed by atoms with van der Waals surface area (Å²) in [6, 6.07) is 0. The third-order valence-electron chi connectivity index (χ3n) is 2.94. The molecule has 0 aliphatic carbocycles. The number of carbonyl (C=O) groups excluding carboxylic acids is 1. The minimum Gasteiger partial charge on any atom is -0.449 e. The molecule has 0 bridgehead atoms. The van der Waals surface area contributed by atoms with Crippen LogP contribution in [-0.2, 0) is 4.74 Å². The fourth-order valence-electron chi connectivity index (χ4n) is 1.87. The molecule has 1 heterocycles. The van der Waals surface area contributed by atoms with Gasteiger partial charge in [-0.2, -0.15) is 0 Å². The van der Waals surface area contributed by atoms with Crippen LogP contribution >= 0.6 is 0 Å². The van der Waals surface area contributed by atoms with Gasteiger partial charge in [-0.25, -0.2) is 4.79 Å². The van der Waals surface area contributed by atoms with E-state index < -0.39 is 0 Å². The van der Waals surface area contributed by atoms with Crippen molar-refractivity contribution in [1.29, 1.82) is 0 Å². The number of rotatable bonds is 5. The van der Waals surface area contributed by atoms with E-state index in [2.05, 4.69) is 4.90 Å². The number of piperidine rings is 1. The Kier molecular flexibility index (Phi) is 6.23. The van der Waals surface area contributed by atoms with E-state index in [1.165, 1.54) is 32.4 Å². The zero-order valence-electron chi connectivity index (χ0n) is 10.6. The summed E-state index contributed by atoms with van der Waals surface area (Å²) in [5.41, 5.74) is 0. The molecule has 1 aliphatic rings. The van der Waals surface area contributed by atoms with Gasteiger partial charge in [-0.1, -0.05) is 13.3 Å². The van der Waals surface area contributed by atoms with Gasteiger partial charge in [-0.05, 0) is 32.4 Å². The second-order valence-corrected chi connectivity index (χ2v) is 4.44. The zero-order valence-corrected chi connectivity index (χ0v) is 10.6. The summed E-state index contributed by atoms with van der Waals surface area (Å²) in [6.45, 7) is 6.61. The number of hydrogen-bond acceptors (Lipinski definition) is 3. The van der Waals surface area contributed by atoms with Gasteiger partial charge in [0.25, 0.3) is 0 Å². The SMILES string of the molecule is CCCOC(=O)N(C)CCN1CCCCC1. The molecule has 4 heteroatoms. The van der Waals surface area contributed by atoms with Crippen LogP contribution in [0, 0.1) is 0 Å². The van der Waals surface area contributed by atoms with E-state index in [1.54, 1.807) is 4.90 Å². The Bertz CT molecular complexity index is 203. The molecule has 4 nitrogen and oxygen atoms in total. The first-order chi connectivity index (χ1) is 7.74. The molecule has 1 saturated heterocycles. The Labute approximate surface area is 98.5 Å². The summed E-state index contributed by atoms with van der Waals surface area (Å²) in [5, 5.41) is 0. The van der Waals surface area contributed by atoms with Gasteiger partial charge in [0.15, 0.2) is 0 Å². The molecule has 0 aromatic heterocycles. The van der Waals surface area contributed by atoms with Crippen molar-refractivity contribution in [1.82, 2.24) is 9.80 Å². The van der Waals surface area contributed by atoms with Crippen LogP contribution in [0.5, 0.6) is 0 Å². The van der Waals surface area contributed by atoms with Crippen molar-refractivity contribution in [2.75, 3.05) is 39.8 Å². The predicted molar refractivity (Wildman–Crippen MR) is 64.6 cm³/mol. The maximum atomic E-state index is 11.5. The van der Waals surface area contributed by atoms with Crippen molar-refractivity contribution in [3.05, 3.63) is 0 Å². The quantitative estimate of drug-likeness (QED) is 0.721. The first-order valence-electron chi connectivity index (χ1n) is 6.34.